The van der Waals surface area contributed by atoms with Crippen LogP contribution in [0.15, 0.2) is 54.6 Å². The van der Waals surface area contributed by atoms with Gasteiger partial charge in [0.2, 0.25) is 0 Å². The van der Waals surface area contributed by atoms with E-state index in [4.69, 9.17) is 17.3 Å². The Kier molecular flexibility index (Phi) is 6.09. The molecule has 30 heavy (non-hydrogen) atoms. The predicted octanol–water partition coefficient (Wildman–Crippen LogP) is 3.32. The van der Waals surface area contributed by atoms with Gasteiger partial charge in [0, 0.05) is 24.2 Å². The fourth-order valence-electron chi connectivity index (χ4n) is 4.28. The number of piperidine rings is 1. The summed E-state index contributed by atoms with van der Waals surface area (Å²) < 4.78 is 0. The lowest BCUT2D eigenvalue weighted by Crippen LogP contribution is -2.55. The molecule has 0 radical (unpaired) electrons. The lowest BCUT2D eigenvalue weighted by molar-refractivity contribution is -0.133. The van der Waals surface area contributed by atoms with E-state index < -0.39 is 5.54 Å². The molecule has 0 unspecified atom stereocenters. The molecule has 7 heteroatoms. The molecule has 2 fully saturated rings. The molecular formula is C23H27ClN4O2. The molecule has 3 N–H and O–H groups in total. The molecule has 2 aromatic carbocycles. The van der Waals surface area contributed by atoms with Crippen LogP contribution in [0.1, 0.15) is 36.4 Å². The van der Waals surface area contributed by atoms with Gasteiger partial charge in [-0.3, -0.25) is 9.69 Å². The molecule has 2 saturated heterocycles. The van der Waals surface area contributed by atoms with Gasteiger partial charge in [-0.2, -0.15) is 0 Å². The quantitative estimate of drug-likeness (QED) is 0.694. The monoisotopic (exact) mass is 426 g/mol. The van der Waals surface area contributed by atoms with Crippen LogP contribution >= 0.6 is 11.6 Å². The number of rotatable bonds is 6. The second kappa shape index (κ2) is 8.76. The zero-order valence-electron chi connectivity index (χ0n) is 16.9. The normalized spacial score (nSPS) is 19.9. The molecule has 0 aliphatic carbocycles. The number of urea groups is 1. The molecule has 1 atom stereocenters. The van der Waals surface area contributed by atoms with E-state index in [-0.39, 0.29) is 24.5 Å². The summed E-state index contributed by atoms with van der Waals surface area (Å²) in [6.07, 6.45) is 2.10. The van der Waals surface area contributed by atoms with Crippen LogP contribution in [0.3, 0.4) is 0 Å². The molecule has 2 aliphatic heterocycles. The minimum atomic E-state index is -0.776. The highest BCUT2D eigenvalue weighted by Gasteiger charge is 2.52. The maximum absolute atomic E-state index is 13.1. The smallest absolute Gasteiger partial charge is 0.324 e. The second-order valence-corrected chi connectivity index (χ2v) is 8.61. The Bertz CT molecular complexity index is 895. The number of nitrogens with one attached hydrogen (secondary N) is 1. The zero-order valence-corrected chi connectivity index (χ0v) is 17.6. The molecule has 0 bridgehead atoms. The van der Waals surface area contributed by atoms with Crippen LogP contribution in [-0.4, -0.2) is 46.9 Å². The summed E-state index contributed by atoms with van der Waals surface area (Å²) in [5.41, 5.74) is 7.56. The van der Waals surface area contributed by atoms with Gasteiger partial charge >= 0.3 is 6.03 Å². The molecule has 0 saturated carbocycles. The van der Waals surface area contributed by atoms with Gasteiger partial charge in [-0.1, -0.05) is 54.1 Å². The first-order valence-electron chi connectivity index (χ1n) is 10.4. The molecule has 1 spiro atoms. The molecular weight excluding hydrogens is 400 g/mol. The number of carbonyl (C=O) groups excluding carboxylic acids is 2. The topological polar surface area (TPSA) is 78.7 Å². The number of nitrogens with zero attached hydrogens (tertiary/aromatic N) is 2. The molecule has 4 rings (SSSR count). The van der Waals surface area contributed by atoms with Crippen LogP contribution < -0.4 is 11.1 Å². The number of nitrogens with two attached hydrogens (primary N) is 1. The third kappa shape index (κ3) is 4.36. The first kappa shape index (κ1) is 20.8. The highest BCUT2D eigenvalue weighted by molar-refractivity contribution is 6.30. The number of hydrogen-bond acceptors (Lipinski definition) is 4. The summed E-state index contributed by atoms with van der Waals surface area (Å²) in [4.78, 5) is 29.3. The van der Waals surface area contributed by atoms with Crippen molar-refractivity contribution in [1.29, 1.82) is 0 Å². The summed E-state index contributed by atoms with van der Waals surface area (Å²) in [7, 11) is 0. The number of benzene rings is 2. The zero-order chi connectivity index (χ0) is 21.1. The summed E-state index contributed by atoms with van der Waals surface area (Å²) in [6.45, 7) is 2.67. The number of amides is 3. The molecule has 158 valence electrons. The average molecular weight is 427 g/mol. The Labute approximate surface area is 182 Å². The summed E-state index contributed by atoms with van der Waals surface area (Å²) >= 11 is 5.92. The average Bonchev–Trinajstić information content (AvgIpc) is 2.99. The number of imide groups is 1. The van der Waals surface area contributed by atoms with Gasteiger partial charge in [-0.05, 0) is 49.1 Å². The molecule has 0 aromatic heterocycles. The molecule has 3 amide bonds. The highest BCUT2D eigenvalue weighted by Crippen LogP contribution is 2.31. The standard InChI is InChI=1S/C23H27ClN4O2/c24-19-8-6-17(7-9-19)16-28-21(29)23(26-22(28)30)11-14-27(15-12-23)13-10-20(25)18-4-2-1-3-5-18/h1-9,20H,10-16,25H2,(H,26,30)/t20-/m0/s1. The largest absolute Gasteiger partial charge is 0.325 e. The highest BCUT2D eigenvalue weighted by atomic mass is 35.5. The van der Waals surface area contributed by atoms with Gasteiger partial charge in [0.1, 0.15) is 5.54 Å². The van der Waals surface area contributed by atoms with Crippen molar-refractivity contribution in [3.05, 3.63) is 70.7 Å². The predicted molar refractivity (Wildman–Crippen MR) is 117 cm³/mol. The Morgan fingerprint density at radius 2 is 1.70 bits per heavy atom. The van der Waals surface area contributed by atoms with E-state index in [2.05, 4.69) is 22.3 Å². The Morgan fingerprint density at radius 3 is 2.37 bits per heavy atom. The van der Waals surface area contributed by atoms with Gasteiger partial charge < -0.3 is 16.0 Å². The summed E-state index contributed by atoms with van der Waals surface area (Å²) in [6, 6.07) is 17.0. The maximum atomic E-state index is 13.1. The lowest BCUT2D eigenvalue weighted by atomic mass is 9.87. The third-order valence-corrected chi connectivity index (χ3v) is 6.45. The minimum Gasteiger partial charge on any atom is -0.324 e. The Hall–Kier alpha value is -2.41. The van der Waals surface area contributed by atoms with Crippen molar-refractivity contribution in [3.63, 3.8) is 0 Å². The Morgan fingerprint density at radius 1 is 1.03 bits per heavy atom. The van der Waals surface area contributed by atoms with Gasteiger partial charge in [-0.15, -0.1) is 0 Å². The van der Waals surface area contributed by atoms with Crippen LogP contribution in [0.2, 0.25) is 5.02 Å². The molecule has 6 nitrogen and oxygen atoms in total. The maximum Gasteiger partial charge on any atom is 0.325 e. The first-order chi connectivity index (χ1) is 14.5. The SMILES string of the molecule is N[C@@H](CCN1CCC2(CC1)NC(=O)N(Cc1ccc(Cl)cc1)C2=O)c1ccccc1. The van der Waals surface area contributed by atoms with Crippen molar-refractivity contribution < 1.29 is 9.59 Å². The molecule has 2 aromatic rings. The number of carbonyl (C=O) groups is 2. The van der Waals surface area contributed by atoms with Gasteiger partial charge in [0.15, 0.2) is 0 Å². The van der Waals surface area contributed by atoms with Crippen LogP contribution in [0.25, 0.3) is 0 Å². The van der Waals surface area contributed by atoms with E-state index in [0.29, 0.717) is 17.9 Å². The van der Waals surface area contributed by atoms with Crippen molar-refractivity contribution in [2.24, 2.45) is 5.73 Å². The third-order valence-electron chi connectivity index (χ3n) is 6.19. The van der Waals surface area contributed by atoms with E-state index in [1.807, 2.05) is 30.3 Å². The fourth-order valence-corrected chi connectivity index (χ4v) is 4.40. The first-order valence-corrected chi connectivity index (χ1v) is 10.8. The van der Waals surface area contributed by atoms with Crippen LogP contribution in [0, 0.1) is 0 Å². The number of hydrogen-bond donors (Lipinski definition) is 2. The van der Waals surface area contributed by atoms with Crippen LogP contribution in [0.4, 0.5) is 4.79 Å². The number of likely N-dealkylation sites (tertiary alicyclic amines) is 1. The van der Waals surface area contributed by atoms with Crippen LogP contribution in [-0.2, 0) is 11.3 Å². The van der Waals surface area contributed by atoms with Gasteiger partial charge in [-0.25, -0.2) is 4.79 Å². The lowest BCUT2D eigenvalue weighted by Gasteiger charge is -2.37. The van der Waals surface area contributed by atoms with Crippen molar-refractivity contribution in [2.75, 3.05) is 19.6 Å². The van der Waals surface area contributed by atoms with Crippen molar-refractivity contribution in [2.45, 2.75) is 37.4 Å². The van der Waals surface area contributed by atoms with E-state index in [1.165, 1.54) is 4.90 Å². The van der Waals surface area contributed by atoms with Gasteiger partial charge in [0.05, 0.1) is 6.54 Å². The Balaban J connectivity index is 1.31. The fraction of sp³-hybridized carbons (Fsp3) is 0.391. The van der Waals surface area contributed by atoms with E-state index >= 15 is 0 Å². The van der Waals surface area contributed by atoms with Gasteiger partial charge in [0.25, 0.3) is 5.91 Å². The molecule has 2 heterocycles. The van der Waals surface area contributed by atoms with E-state index in [9.17, 15) is 9.59 Å². The van der Waals surface area contributed by atoms with E-state index in [1.54, 1.807) is 12.1 Å². The second-order valence-electron chi connectivity index (χ2n) is 8.18. The molecule has 2 aliphatic rings. The number of halogens is 1. The van der Waals surface area contributed by atoms with E-state index in [0.717, 1.165) is 37.2 Å². The van der Waals surface area contributed by atoms with Crippen LogP contribution in [0.5, 0.6) is 0 Å². The summed E-state index contributed by atoms with van der Waals surface area (Å²) in [5.74, 6) is -0.122. The summed E-state index contributed by atoms with van der Waals surface area (Å²) in [5, 5.41) is 3.60. The van der Waals surface area contributed by atoms with Crippen molar-refractivity contribution in [3.8, 4) is 0 Å². The van der Waals surface area contributed by atoms with Crippen molar-refractivity contribution >= 4 is 23.5 Å². The minimum absolute atomic E-state index is 0.00442. The van der Waals surface area contributed by atoms with Crippen molar-refractivity contribution in [1.82, 2.24) is 15.1 Å².